The first-order valence-electron chi connectivity index (χ1n) is 12.1. The van der Waals surface area contributed by atoms with Gasteiger partial charge in [-0.25, -0.2) is 17.9 Å². The number of carbonyl (C=O) groups is 1. The van der Waals surface area contributed by atoms with E-state index in [1.807, 2.05) is 24.1 Å². The monoisotopic (exact) mass is 496 g/mol. The van der Waals surface area contributed by atoms with Crippen LogP contribution < -0.4 is 9.62 Å². The summed E-state index contributed by atoms with van der Waals surface area (Å²) in [6.07, 6.45) is 5.78. The van der Waals surface area contributed by atoms with Crippen molar-refractivity contribution in [3.63, 3.8) is 0 Å². The van der Waals surface area contributed by atoms with Crippen molar-refractivity contribution >= 4 is 33.1 Å². The number of piperidine rings is 1. The molecule has 186 valence electrons. The maximum absolute atomic E-state index is 13.8. The van der Waals surface area contributed by atoms with Gasteiger partial charge in [-0.15, -0.1) is 0 Å². The number of hydrogen-bond acceptors (Lipinski definition) is 6. The van der Waals surface area contributed by atoms with Crippen LogP contribution in [0.5, 0.6) is 0 Å². The predicted molar refractivity (Wildman–Crippen MR) is 136 cm³/mol. The van der Waals surface area contributed by atoms with Crippen molar-refractivity contribution in [1.29, 1.82) is 0 Å². The smallest absolute Gasteiger partial charge is 0.256 e. The Labute approximate surface area is 206 Å². The second-order valence-electron chi connectivity index (χ2n) is 10.1. The van der Waals surface area contributed by atoms with E-state index >= 15 is 0 Å². The molecule has 0 saturated carbocycles. The lowest BCUT2D eigenvalue weighted by Crippen LogP contribution is -2.46. The van der Waals surface area contributed by atoms with E-state index in [4.69, 9.17) is 10.1 Å². The lowest BCUT2D eigenvalue weighted by Gasteiger charge is -2.38. The number of rotatable bonds is 5. The Hall–Kier alpha value is -3.14. The molecule has 0 spiro atoms. The molecule has 1 amide bonds. The molecule has 2 aliphatic heterocycles. The van der Waals surface area contributed by atoms with Gasteiger partial charge < -0.3 is 9.80 Å². The van der Waals surface area contributed by atoms with E-state index in [-0.39, 0.29) is 11.9 Å². The van der Waals surface area contributed by atoms with E-state index in [1.54, 1.807) is 22.7 Å². The SMILES string of the molecule is Cc1ccc(NS(C)(=O)=O)c(C(=O)N2CCCC[C@H]2c2cc3nc(N4CC(C)C4)c(C)cn3n2)c1. The molecule has 0 unspecified atom stereocenters. The summed E-state index contributed by atoms with van der Waals surface area (Å²) in [5.41, 5.74) is 4.20. The number of aryl methyl sites for hydroxylation is 2. The first-order valence-corrected chi connectivity index (χ1v) is 14.0. The fourth-order valence-corrected chi connectivity index (χ4v) is 5.71. The number of anilines is 2. The molecule has 4 heterocycles. The van der Waals surface area contributed by atoms with Crippen LogP contribution in [-0.2, 0) is 10.0 Å². The number of amides is 1. The Bertz CT molecular complexity index is 1390. The van der Waals surface area contributed by atoms with E-state index in [2.05, 4.69) is 23.5 Å². The van der Waals surface area contributed by atoms with Crippen LogP contribution in [0.25, 0.3) is 5.65 Å². The molecule has 0 aliphatic carbocycles. The molecule has 2 aromatic heterocycles. The highest BCUT2D eigenvalue weighted by Gasteiger charge is 2.32. The molecular formula is C25H32N6O3S. The van der Waals surface area contributed by atoms with Crippen LogP contribution >= 0.6 is 0 Å². The zero-order chi connectivity index (χ0) is 24.9. The molecule has 0 bridgehead atoms. The summed E-state index contributed by atoms with van der Waals surface area (Å²) in [5, 5.41) is 4.81. The Kier molecular flexibility index (Phi) is 5.94. The van der Waals surface area contributed by atoms with Crippen LogP contribution in [0.1, 0.15) is 59.4 Å². The van der Waals surface area contributed by atoms with Crippen molar-refractivity contribution < 1.29 is 13.2 Å². The molecule has 3 aromatic rings. The van der Waals surface area contributed by atoms with Gasteiger partial charge in [0.05, 0.1) is 29.2 Å². The number of nitrogens with one attached hydrogen (secondary N) is 1. The van der Waals surface area contributed by atoms with Crippen LogP contribution in [0, 0.1) is 19.8 Å². The summed E-state index contributed by atoms with van der Waals surface area (Å²) in [4.78, 5) is 22.8. The normalized spacial score (nSPS) is 19.1. The molecule has 9 nitrogen and oxygen atoms in total. The van der Waals surface area contributed by atoms with Gasteiger partial charge in [-0.05, 0) is 51.2 Å². The van der Waals surface area contributed by atoms with Crippen LogP contribution in [0.3, 0.4) is 0 Å². The van der Waals surface area contributed by atoms with Crippen LogP contribution in [0.15, 0.2) is 30.5 Å². The third-order valence-electron chi connectivity index (χ3n) is 6.79. The Morgan fingerprint density at radius 3 is 2.63 bits per heavy atom. The number of sulfonamides is 1. The van der Waals surface area contributed by atoms with E-state index < -0.39 is 10.0 Å². The van der Waals surface area contributed by atoms with Gasteiger partial charge in [0.15, 0.2) is 5.65 Å². The molecule has 2 aliphatic rings. The van der Waals surface area contributed by atoms with Gasteiger partial charge in [-0.3, -0.25) is 9.52 Å². The average Bonchev–Trinajstić information content (AvgIpc) is 3.19. The highest BCUT2D eigenvalue weighted by Crippen LogP contribution is 2.34. The Morgan fingerprint density at radius 2 is 1.91 bits per heavy atom. The van der Waals surface area contributed by atoms with Gasteiger partial charge in [0, 0.05) is 37.5 Å². The number of aromatic nitrogens is 3. The summed E-state index contributed by atoms with van der Waals surface area (Å²) >= 11 is 0. The molecule has 0 radical (unpaired) electrons. The molecule has 2 fully saturated rings. The number of hydrogen-bond donors (Lipinski definition) is 1. The fraction of sp³-hybridized carbons (Fsp3) is 0.480. The molecular weight excluding hydrogens is 464 g/mol. The van der Waals surface area contributed by atoms with Crippen molar-refractivity contribution in [2.45, 2.75) is 46.1 Å². The lowest BCUT2D eigenvalue weighted by molar-refractivity contribution is 0.0606. The Balaban J connectivity index is 1.49. The first kappa shape index (κ1) is 23.6. The molecule has 1 N–H and O–H groups in total. The minimum absolute atomic E-state index is 0.194. The largest absolute Gasteiger partial charge is 0.356 e. The maximum atomic E-state index is 13.8. The van der Waals surface area contributed by atoms with Crippen molar-refractivity contribution in [1.82, 2.24) is 19.5 Å². The van der Waals surface area contributed by atoms with Crippen LogP contribution in [-0.4, -0.2) is 59.7 Å². The van der Waals surface area contributed by atoms with Gasteiger partial charge in [0.25, 0.3) is 5.91 Å². The van der Waals surface area contributed by atoms with Crippen LogP contribution in [0.4, 0.5) is 11.5 Å². The van der Waals surface area contributed by atoms with Gasteiger partial charge in [-0.1, -0.05) is 18.6 Å². The average molecular weight is 497 g/mol. The quantitative estimate of drug-likeness (QED) is 0.580. The minimum atomic E-state index is -3.52. The standard InChI is InChI=1S/C25H32N6O3S/c1-16-8-9-20(28-35(4,33)34)19(11-16)25(32)30-10-6-5-7-22(30)21-12-23-26-24(29-13-17(2)14-29)18(3)15-31(23)27-21/h8-9,11-12,15,17,22,28H,5-7,10,13-14H2,1-4H3/t22-/m0/s1. The van der Waals surface area contributed by atoms with Crippen molar-refractivity contribution in [2.75, 3.05) is 35.5 Å². The number of carbonyl (C=O) groups excluding carboxylic acids is 1. The lowest BCUT2D eigenvalue weighted by atomic mass is 9.97. The summed E-state index contributed by atoms with van der Waals surface area (Å²) in [5.74, 6) is 1.48. The number of likely N-dealkylation sites (tertiary alicyclic amines) is 1. The van der Waals surface area contributed by atoms with Gasteiger partial charge in [0.1, 0.15) is 5.82 Å². The molecule has 5 rings (SSSR count). The van der Waals surface area contributed by atoms with E-state index in [0.717, 1.165) is 66.9 Å². The van der Waals surface area contributed by atoms with Crippen molar-refractivity contribution in [2.24, 2.45) is 5.92 Å². The first-order chi connectivity index (χ1) is 16.6. The van der Waals surface area contributed by atoms with E-state index in [0.29, 0.717) is 23.7 Å². The third kappa shape index (κ3) is 4.71. The summed E-state index contributed by atoms with van der Waals surface area (Å²) in [6.45, 7) is 8.79. The predicted octanol–water partition coefficient (Wildman–Crippen LogP) is 3.54. The zero-order valence-corrected chi connectivity index (χ0v) is 21.5. The van der Waals surface area contributed by atoms with Crippen molar-refractivity contribution in [3.05, 3.63) is 52.8 Å². The number of benzene rings is 1. The minimum Gasteiger partial charge on any atom is -0.356 e. The third-order valence-corrected chi connectivity index (χ3v) is 7.38. The summed E-state index contributed by atoms with van der Waals surface area (Å²) < 4.78 is 28.1. The maximum Gasteiger partial charge on any atom is 0.256 e. The van der Waals surface area contributed by atoms with E-state index in [9.17, 15) is 13.2 Å². The molecule has 1 atom stereocenters. The molecule has 10 heteroatoms. The second kappa shape index (κ2) is 8.82. The van der Waals surface area contributed by atoms with Gasteiger partial charge in [0.2, 0.25) is 10.0 Å². The summed E-state index contributed by atoms with van der Waals surface area (Å²) in [6, 6.07) is 6.98. The highest BCUT2D eigenvalue weighted by molar-refractivity contribution is 7.92. The number of fused-ring (bicyclic) bond motifs is 1. The number of nitrogens with zero attached hydrogens (tertiary/aromatic N) is 5. The molecule has 2 saturated heterocycles. The van der Waals surface area contributed by atoms with E-state index in [1.165, 1.54) is 0 Å². The second-order valence-corrected chi connectivity index (χ2v) is 11.8. The fourth-order valence-electron chi connectivity index (χ4n) is 5.13. The summed E-state index contributed by atoms with van der Waals surface area (Å²) in [7, 11) is -3.52. The molecule has 1 aromatic carbocycles. The topological polar surface area (TPSA) is 99.9 Å². The zero-order valence-electron chi connectivity index (χ0n) is 20.7. The highest BCUT2D eigenvalue weighted by atomic mass is 32.2. The van der Waals surface area contributed by atoms with Crippen LogP contribution in [0.2, 0.25) is 0 Å². The van der Waals surface area contributed by atoms with Gasteiger partial charge >= 0.3 is 0 Å². The van der Waals surface area contributed by atoms with Gasteiger partial charge in [-0.2, -0.15) is 5.10 Å². The molecule has 35 heavy (non-hydrogen) atoms. The Morgan fingerprint density at radius 1 is 1.14 bits per heavy atom. The van der Waals surface area contributed by atoms with Crippen molar-refractivity contribution in [3.8, 4) is 0 Å².